The maximum absolute atomic E-state index is 14.2. The molecule has 4 atom stereocenters. The summed E-state index contributed by atoms with van der Waals surface area (Å²) in [5.74, 6) is -0.00567. The number of hydrogen-bond acceptors (Lipinski definition) is 4. The fraction of sp³-hybridized carbons (Fsp3) is 0.297. The first-order valence-corrected chi connectivity index (χ1v) is 16.3. The lowest BCUT2D eigenvalue weighted by Gasteiger charge is -2.40. The van der Waals surface area contributed by atoms with E-state index in [1.807, 2.05) is 67.6 Å². The summed E-state index contributed by atoms with van der Waals surface area (Å²) < 4.78 is 18.5. The molecule has 4 rings (SSSR count). The molecule has 0 spiro atoms. The molecule has 1 N–H and O–H groups in total. The van der Waals surface area contributed by atoms with Crippen LogP contribution in [-0.2, 0) is 22.8 Å². The van der Waals surface area contributed by atoms with Crippen molar-refractivity contribution in [3.8, 4) is 0 Å². The van der Waals surface area contributed by atoms with Crippen molar-refractivity contribution >= 4 is 9.73 Å². The number of hydrogen-bond donors (Lipinski definition) is 1. The zero-order valence-corrected chi connectivity index (χ0v) is 26.0. The summed E-state index contributed by atoms with van der Waals surface area (Å²) in [6.07, 6.45) is 0.0543. The van der Waals surface area contributed by atoms with Gasteiger partial charge in [0.15, 0.2) is 0 Å². The molecule has 0 heterocycles. The molecule has 4 nitrogen and oxygen atoms in total. The second kappa shape index (κ2) is 15.1. The third-order valence-corrected chi connectivity index (χ3v) is 9.90. The van der Waals surface area contributed by atoms with Crippen molar-refractivity contribution in [2.75, 3.05) is 7.05 Å². The minimum absolute atomic E-state index is 0.162. The summed E-state index contributed by atoms with van der Waals surface area (Å²) in [6.45, 7) is 7.82. The Labute approximate surface area is 252 Å². The number of aliphatic hydroxyl groups excluding tert-OH is 1. The summed E-state index contributed by atoms with van der Waals surface area (Å²) >= 11 is 0. The Morgan fingerprint density at radius 3 is 1.69 bits per heavy atom. The molecule has 0 amide bonds. The minimum Gasteiger partial charge on any atom is -0.391 e. The molecule has 0 radical (unpaired) electrons. The van der Waals surface area contributed by atoms with Gasteiger partial charge in [0, 0.05) is 37.5 Å². The molecule has 4 aromatic rings. The zero-order valence-electron chi connectivity index (χ0n) is 25.2. The molecular formula is C37H44N2O2S. The van der Waals surface area contributed by atoms with E-state index in [9.17, 15) is 9.32 Å². The van der Waals surface area contributed by atoms with Gasteiger partial charge in [-0.15, -0.1) is 0 Å². The van der Waals surface area contributed by atoms with Gasteiger partial charge in [-0.3, -0.25) is 4.90 Å². The van der Waals surface area contributed by atoms with Crippen molar-refractivity contribution in [2.24, 2.45) is 10.3 Å². The van der Waals surface area contributed by atoms with Gasteiger partial charge in [-0.25, -0.2) is 8.57 Å². The van der Waals surface area contributed by atoms with E-state index in [1.165, 1.54) is 11.1 Å². The molecule has 42 heavy (non-hydrogen) atoms. The van der Waals surface area contributed by atoms with Crippen LogP contribution in [0.25, 0.3) is 0 Å². The minimum atomic E-state index is -2.82. The van der Waals surface area contributed by atoms with Crippen LogP contribution in [0.15, 0.2) is 142 Å². The first-order valence-electron chi connectivity index (χ1n) is 14.7. The van der Waals surface area contributed by atoms with Crippen LogP contribution in [0.4, 0.5) is 0 Å². The lowest BCUT2D eigenvalue weighted by atomic mass is 9.81. The normalized spacial score (nSPS) is 15.6. The van der Waals surface area contributed by atoms with Crippen molar-refractivity contribution in [2.45, 2.75) is 63.2 Å². The molecule has 0 fully saturated rings. The van der Waals surface area contributed by atoms with Gasteiger partial charge in [-0.05, 0) is 48.1 Å². The van der Waals surface area contributed by atoms with Crippen LogP contribution >= 0.6 is 0 Å². The molecule has 0 aliphatic carbocycles. The fourth-order valence-electron chi connectivity index (χ4n) is 5.69. The Morgan fingerprint density at radius 1 is 0.786 bits per heavy atom. The Balaban J connectivity index is 1.81. The summed E-state index contributed by atoms with van der Waals surface area (Å²) in [4.78, 5) is 3.08. The highest BCUT2D eigenvalue weighted by Gasteiger charge is 2.35. The van der Waals surface area contributed by atoms with Gasteiger partial charge < -0.3 is 5.11 Å². The van der Waals surface area contributed by atoms with Crippen LogP contribution in [0, 0.1) is 5.92 Å². The van der Waals surface area contributed by atoms with Crippen LogP contribution in [0.3, 0.4) is 0 Å². The highest BCUT2D eigenvalue weighted by atomic mass is 32.2. The summed E-state index contributed by atoms with van der Waals surface area (Å²) in [6, 6.07) is 40.3. The Kier molecular flexibility index (Phi) is 11.3. The number of nitrogens with zero attached hydrogens (tertiary/aromatic N) is 2. The lowest BCUT2D eigenvalue weighted by Crippen LogP contribution is -2.46. The van der Waals surface area contributed by atoms with E-state index in [-0.39, 0.29) is 12.0 Å². The van der Waals surface area contributed by atoms with E-state index in [2.05, 4.69) is 83.8 Å². The third kappa shape index (κ3) is 8.28. The van der Waals surface area contributed by atoms with Crippen LogP contribution in [0.1, 0.15) is 49.8 Å². The summed E-state index contributed by atoms with van der Waals surface area (Å²) in [7, 11) is -1.21. The smallest absolute Gasteiger partial charge is 0.0966 e. The molecule has 0 bridgehead atoms. The first kappa shape index (κ1) is 31.4. The van der Waals surface area contributed by atoms with Crippen LogP contribution < -0.4 is 0 Å². The summed E-state index contributed by atoms with van der Waals surface area (Å²) in [5.41, 5.74) is 4.25. The number of aliphatic hydroxyl groups is 1. The van der Waals surface area contributed by atoms with Crippen LogP contribution in [-0.4, -0.2) is 33.4 Å². The summed E-state index contributed by atoms with van der Waals surface area (Å²) in [5, 5.41) is 14.3. The van der Waals surface area contributed by atoms with Crippen molar-refractivity contribution < 1.29 is 9.32 Å². The standard InChI is InChI=1S/C37H44N2O2S/c1-29(2)25-35(39(26-31-17-9-5-10-18-31)27-32-19-11-6-12-20-32)37(40)36(33-21-13-7-14-22-33)30(3)28-42(41,38-4)34-23-15-8-16-24-34/h5-24,28-29,35-37,40H,25-27H2,1-4H3/b30-28-/t35-,36-,37-,42-/m0/s1. The second-order valence-corrected chi connectivity index (χ2v) is 13.6. The molecule has 0 saturated carbocycles. The molecule has 5 heteroatoms. The number of rotatable bonds is 13. The second-order valence-electron chi connectivity index (χ2n) is 11.4. The maximum atomic E-state index is 14.2. The van der Waals surface area contributed by atoms with Crippen LogP contribution in [0.2, 0.25) is 0 Å². The molecule has 0 aromatic heterocycles. The van der Waals surface area contributed by atoms with Gasteiger partial charge in [-0.2, -0.15) is 0 Å². The zero-order chi connectivity index (χ0) is 30.0. The van der Waals surface area contributed by atoms with E-state index in [4.69, 9.17) is 0 Å². The average molecular weight is 581 g/mol. The fourth-order valence-corrected chi connectivity index (χ4v) is 7.34. The predicted molar refractivity (Wildman–Crippen MR) is 176 cm³/mol. The highest BCUT2D eigenvalue weighted by molar-refractivity contribution is 7.96. The molecule has 0 aliphatic rings. The highest BCUT2D eigenvalue weighted by Crippen LogP contribution is 2.35. The Morgan fingerprint density at radius 2 is 1.24 bits per heavy atom. The maximum Gasteiger partial charge on any atom is 0.0966 e. The van der Waals surface area contributed by atoms with Crippen molar-refractivity contribution in [1.29, 1.82) is 0 Å². The predicted octanol–water partition coefficient (Wildman–Crippen LogP) is 8.31. The SMILES string of the molecule is CN=[S@](=O)(/C=C(/C)[C@@H](c1ccccc1)[C@@H](O)[C@H](CC(C)C)N(Cc1ccccc1)Cc1ccccc1)c1ccccc1. The Bertz CT molecular complexity index is 1470. The Hall–Kier alpha value is -3.51. The van der Waals surface area contributed by atoms with Gasteiger partial charge in [0.1, 0.15) is 0 Å². The number of benzene rings is 4. The molecule has 0 unspecified atom stereocenters. The van der Waals surface area contributed by atoms with Crippen molar-refractivity contribution in [3.63, 3.8) is 0 Å². The van der Waals surface area contributed by atoms with Gasteiger partial charge in [0.25, 0.3) is 0 Å². The molecular weight excluding hydrogens is 536 g/mol. The monoisotopic (exact) mass is 580 g/mol. The van der Waals surface area contributed by atoms with Gasteiger partial charge in [-0.1, -0.05) is 129 Å². The van der Waals surface area contributed by atoms with Gasteiger partial charge in [0.05, 0.1) is 20.7 Å². The van der Waals surface area contributed by atoms with E-state index in [0.717, 1.165) is 17.6 Å². The molecule has 220 valence electrons. The van der Waals surface area contributed by atoms with E-state index < -0.39 is 15.8 Å². The molecule has 4 aromatic carbocycles. The van der Waals surface area contributed by atoms with Crippen molar-refractivity contribution in [1.82, 2.24) is 4.90 Å². The average Bonchev–Trinajstić information content (AvgIpc) is 3.01. The van der Waals surface area contributed by atoms with Crippen LogP contribution in [0.5, 0.6) is 0 Å². The first-order chi connectivity index (χ1) is 20.3. The van der Waals surface area contributed by atoms with E-state index >= 15 is 0 Å². The third-order valence-electron chi connectivity index (χ3n) is 7.72. The van der Waals surface area contributed by atoms with Crippen molar-refractivity contribution in [3.05, 3.63) is 149 Å². The van der Waals surface area contributed by atoms with Gasteiger partial charge in [0.2, 0.25) is 0 Å². The largest absolute Gasteiger partial charge is 0.391 e. The lowest BCUT2D eigenvalue weighted by molar-refractivity contribution is 0.0179. The quantitative estimate of drug-likeness (QED) is 0.173. The van der Waals surface area contributed by atoms with E-state index in [0.29, 0.717) is 23.9 Å². The van der Waals surface area contributed by atoms with Gasteiger partial charge >= 0.3 is 0 Å². The topological polar surface area (TPSA) is 52.9 Å². The molecule has 0 saturated heterocycles. The molecule has 0 aliphatic heterocycles. The van der Waals surface area contributed by atoms with E-state index in [1.54, 1.807) is 12.5 Å².